The van der Waals surface area contributed by atoms with E-state index in [0.717, 1.165) is 16.4 Å². The largest absolute Gasteiger partial charge is 0.495 e. The van der Waals surface area contributed by atoms with Gasteiger partial charge in [0.2, 0.25) is 5.91 Å². The van der Waals surface area contributed by atoms with E-state index in [-0.39, 0.29) is 24.6 Å². The molecule has 0 radical (unpaired) electrons. The lowest BCUT2D eigenvalue weighted by molar-refractivity contribution is -0.117. The number of rotatable bonds is 7. The third kappa shape index (κ3) is 4.64. The van der Waals surface area contributed by atoms with Crippen molar-refractivity contribution >= 4 is 39.5 Å². The number of amides is 1. The Labute approximate surface area is 200 Å². The number of likely N-dealkylation sites (tertiary alicyclic amines) is 1. The fourth-order valence-corrected chi connectivity index (χ4v) is 4.34. The third-order valence-corrected chi connectivity index (χ3v) is 6.04. The van der Waals surface area contributed by atoms with Crippen molar-refractivity contribution in [1.29, 1.82) is 0 Å². The Morgan fingerprint density at radius 2 is 1.83 bits per heavy atom. The summed E-state index contributed by atoms with van der Waals surface area (Å²) in [6.45, 7) is 0.663. The van der Waals surface area contributed by atoms with E-state index in [9.17, 15) is 14.7 Å². The fraction of sp³-hybridized carbons (Fsp3) is 0.231. The molecule has 1 aromatic heterocycles. The van der Waals surface area contributed by atoms with Gasteiger partial charge in [0.15, 0.2) is 0 Å². The van der Waals surface area contributed by atoms with Crippen molar-refractivity contribution in [2.24, 2.45) is 0 Å². The Morgan fingerprint density at radius 3 is 2.57 bits per heavy atom. The van der Waals surface area contributed by atoms with Gasteiger partial charge >= 0.3 is 5.97 Å². The number of para-hydroxylation sites is 1. The van der Waals surface area contributed by atoms with Crippen LogP contribution in [-0.2, 0) is 4.79 Å². The molecule has 1 aliphatic rings. The fourth-order valence-electron chi connectivity index (χ4n) is 4.34. The van der Waals surface area contributed by atoms with E-state index < -0.39 is 18.2 Å². The summed E-state index contributed by atoms with van der Waals surface area (Å²) in [6, 6.07) is 17.3. The average Bonchev–Trinajstić information content (AvgIpc) is 3.37. The van der Waals surface area contributed by atoms with E-state index in [2.05, 4.69) is 5.32 Å². The highest BCUT2D eigenvalue weighted by Crippen LogP contribution is 2.36. The van der Waals surface area contributed by atoms with Crippen LogP contribution in [0.5, 0.6) is 11.5 Å². The molecule has 1 saturated heterocycles. The number of fused-ring (bicyclic) bond motifs is 3. The predicted octanol–water partition coefficient (Wildman–Crippen LogP) is 3.36. The van der Waals surface area contributed by atoms with Crippen molar-refractivity contribution in [2.75, 3.05) is 32.1 Å². The first kappa shape index (κ1) is 22.7. The van der Waals surface area contributed by atoms with Crippen LogP contribution < -0.4 is 14.8 Å². The number of aliphatic hydroxyl groups is 1. The van der Waals surface area contributed by atoms with Crippen LogP contribution in [0.1, 0.15) is 10.4 Å². The number of carboxylic acid groups (broad SMARTS) is 1. The topological polar surface area (TPSA) is 121 Å². The molecule has 0 aliphatic carbocycles. The number of benzene rings is 3. The zero-order chi connectivity index (χ0) is 24.5. The number of hydrogen-bond acceptors (Lipinski definition) is 7. The molecule has 9 heteroatoms. The maximum atomic E-state index is 12.8. The quantitative estimate of drug-likeness (QED) is 0.371. The first-order chi connectivity index (χ1) is 16.9. The molecule has 4 aromatic rings. The number of anilines is 1. The standard InChI is InChI=1S/C26H24N2O7/c1-33-23-10-18-17-4-2-3-5-21(17)35-22(18)11-19(23)27-25(30)14-28-12-20(29)24(13-28)34-16-8-6-15(7-9-16)26(31)32/h2-11,20,24,29H,12-14H2,1H3,(H,27,30)(H,31,32)/t20-,24-/m1/s1. The van der Waals surface area contributed by atoms with Gasteiger partial charge in [0.05, 0.1) is 24.9 Å². The van der Waals surface area contributed by atoms with E-state index in [1.54, 1.807) is 30.2 Å². The molecular weight excluding hydrogens is 452 g/mol. The number of furan rings is 1. The van der Waals surface area contributed by atoms with Crippen LogP contribution in [0.4, 0.5) is 5.69 Å². The number of aliphatic hydroxyl groups excluding tert-OH is 1. The number of aromatic carboxylic acids is 1. The third-order valence-electron chi connectivity index (χ3n) is 6.04. The maximum Gasteiger partial charge on any atom is 0.335 e. The van der Waals surface area contributed by atoms with Crippen molar-refractivity contribution in [1.82, 2.24) is 4.90 Å². The molecule has 180 valence electrons. The smallest absolute Gasteiger partial charge is 0.335 e. The van der Waals surface area contributed by atoms with Crippen LogP contribution in [0.15, 0.2) is 65.1 Å². The minimum atomic E-state index is -1.02. The van der Waals surface area contributed by atoms with Crippen molar-refractivity contribution < 1.29 is 33.7 Å². The number of nitrogens with zero attached hydrogens (tertiary/aromatic N) is 1. The molecule has 0 bridgehead atoms. The Morgan fingerprint density at radius 1 is 1.06 bits per heavy atom. The summed E-state index contributed by atoms with van der Waals surface area (Å²) in [5.41, 5.74) is 2.04. The SMILES string of the molecule is COc1cc2c(cc1NC(=O)CN1C[C@@H](O)[C@H](Oc3ccc(C(=O)O)cc3)C1)oc1ccccc12. The first-order valence-corrected chi connectivity index (χ1v) is 11.1. The van der Waals surface area contributed by atoms with Crippen LogP contribution in [0, 0.1) is 0 Å². The second-order valence-corrected chi connectivity index (χ2v) is 8.44. The lowest BCUT2D eigenvalue weighted by Crippen LogP contribution is -2.33. The van der Waals surface area contributed by atoms with E-state index >= 15 is 0 Å². The second kappa shape index (κ2) is 9.28. The Hall–Kier alpha value is -4.08. The lowest BCUT2D eigenvalue weighted by Gasteiger charge is -2.17. The molecule has 2 atom stereocenters. The highest BCUT2D eigenvalue weighted by atomic mass is 16.5. The summed E-state index contributed by atoms with van der Waals surface area (Å²) in [7, 11) is 1.54. The van der Waals surface area contributed by atoms with Gasteiger partial charge in [0, 0.05) is 29.9 Å². The number of carboxylic acids is 1. The van der Waals surface area contributed by atoms with Gasteiger partial charge in [-0.2, -0.15) is 0 Å². The van der Waals surface area contributed by atoms with Gasteiger partial charge in [0.25, 0.3) is 0 Å². The molecular formula is C26H24N2O7. The molecule has 1 amide bonds. The molecule has 0 saturated carbocycles. The van der Waals surface area contributed by atoms with Crippen LogP contribution in [0.25, 0.3) is 21.9 Å². The summed E-state index contributed by atoms with van der Waals surface area (Å²) in [6.07, 6.45) is -1.33. The Bertz CT molecular complexity index is 1400. The predicted molar refractivity (Wildman–Crippen MR) is 129 cm³/mol. The Balaban J connectivity index is 1.24. The van der Waals surface area contributed by atoms with Crippen LogP contribution in [0.3, 0.4) is 0 Å². The molecule has 9 nitrogen and oxygen atoms in total. The van der Waals surface area contributed by atoms with Gasteiger partial charge < -0.3 is 29.4 Å². The molecule has 3 N–H and O–H groups in total. The number of hydrogen-bond donors (Lipinski definition) is 3. The van der Waals surface area contributed by atoms with Crippen molar-refractivity contribution in [3.8, 4) is 11.5 Å². The van der Waals surface area contributed by atoms with Gasteiger partial charge in [-0.3, -0.25) is 9.69 Å². The number of carbonyl (C=O) groups is 2. The minimum Gasteiger partial charge on any atom is -0.495 e. The molecule has 1 fully saturated rings. The first-order valence-electron chi connectivity index (χ1n) is 11.1. The number of carbonyl (C=O) groups excluding carboxylic acids is 1. The average molecular weight is 476 g/mol. The number of nitrogens with one attached hydrogen (secondary N) is 1. The maximum absolute atomic E-state index is 12.8. The summed E-state index contributed by atoms with van der Waals surface area (Å²) < 4.78 is 17.2. The van der Waals surface area contributed by atoms with Gasteiger partial charge in [0.1, 0.15) is 34.9 Å². The number of ether oxygens (including phenoxy) is 2. The van der Waals surface area contributed by atoms with E-state index in [1.165, 1.54) is 12.1 Å². The van der Waals surface area contributed by atoms with Crippen LogP contribution in [-0.4, -0.2) is 65.9 Å². The normalized spacial score (nSPS) is 18.1. The summed E-state index contributed by atoms with van der Waals surface area (Å²) in [4.78, 5) is 25.6. The number of methoxy groups -OCH3 is 1. The second-order valence-electron chi connectivity index (χ2n) is 8.44. The van der Waals surface area contributed by atoms with E-state index in [1.807, 2.05) is 30.3 Å². The van der Waals surface area contributed by atoms with Gasteiger partial charge in [-0.25, -0.2) is 4.79 Å². The lowest BCUT2D eigenvalue weighted by atomic mass is 10.1. The molecule has 0 unspecified atom stereocenters. The highest BCUT2D eigenvalue weighted by molar-refractivity contribution is 6.07. The molecule has 3 aromatic carbocycles. The molecule has 2 heterocycles. The summed E-state index contributed by atoms with van der Waals surface area (Å²) in [5, 5.41) is 24.2. The Kier molecular flexibility index (Phi) is 6.02. The monoisotopic (exact) mass is 476 g/mol. The molecule has 5 rings (SSSR count). The zero-order valence-electron chi connectivity index (χ0n) is 18.9. The summed E-state index contributed by atoms with van der Waals surface area (Å²) >= 11 is 0. The molecule has 0 spiro atoms. The van der Waals surface area contributed by atoms with Crippen LogP contribution >= 0.6 is 0 Å². The van der Waals surface area contributed by atoms with E-state index in [4.69, 9.17) is 19.0 Å². The van der Waals surface area contributed by atoms with Crippen molar-refractivity contribution in [3.05, 3.63) is 66.2 Å². The summed E-state index contributed by atoms with van der Waals surface area (Å²) in [5.74, 6) is -0.317. The highest BCUT2D eigenvalue weighted by Gasteiger charge is 2.34. The van der Waals surface area contributed by atoms with Gasteiger partial charge in [-0.1, -0.05) is 18.2 Å². The zero-order valence-corrected chi connectivity index (χ0v) is 18.9. The molecule has 1 aliphatic heterocycles. The molecule has 35 heavy (non-hydrogen) atoms. The minimum absolute atomic E-state index is 0.0518. The van der Waals surface area contributed by atoms with Gasteiger partial charge in [-0.05, 0) is 36.4 Å². The van der Waals surface area contributed by atoms with Crippen LogP contribution in [0.2, 0.25) is 0 Å². The van der Waals surface area contributed by atoms with E-state index in [0.29, 0.717) is 29.3 Å². The van der Waals surface area contributed by atoms with Crippen molar-refractivity contribution in [2.45, 2.75) is 12.2 Å². The van der Waals surface area contributed by atoms with Crippen molar-refractivity contribution in [3.63, 3.8) is 0 Å². The number of β-amino-alcohol motifs (C(OH)–C–C–N with tert-alkyl or cyclic N) is 1. The van der Waals surface area contributed by atoms with Gasteiger partial charge in [-0.15, -0.1) is 0 Å².